The van der Waals surface area contributed by atoms with Gasteiger partial charge in [-0.2, -0.15) is 0 Å². The number of aromatic nitrogens is 1. The first kappa shape index (κ1) is 11.3. The number of aromatic carboxylic acids is 1. The Bertz CT molecular complexity index is 554. The number of halogens is 1. The number of rotatable bonds is 2. The van der Waals surface area contributed by atoms with Crippen molar-refractivity contribution in [3.05, 3.63) is 33.5 Å². The average Bonchev–Trinajstić information content (AvgIpc) is 2.61. The summed E-state index contributed by atoms with van der Waals surface area (Å²) in [5.41, 5.74) is 6.44. The maximum atomic E-state index is 10.8. The Labute approximate surface area is 109 Å². The van der Waals surface area contributed by atoms with Crippen molar-refractivity contribution in [2.45, 2.75) is 0 Å². The van der Waals surface area contributed by atoms with Crippen LogP contribution in [0.5, 0.6) is 0 Å². The summed E-state index contributed by atoms with van der Waals surface area (Å²) in [5, 5.41) is 9.73. The zero-order valence-corrected chi connectivity index (χ0v) is 10.9. The molecule has 0 radical (unpaired) electrons. The fourth-order valence-electron chi connectivity index (χ4n) is 1.24. The highest BCUT2D eigenvalue weighted by Gasteiger charge is 2.16. The summed E-state index contributed by atoms with van der Waals surface area (Å²) in [4.78, 5) is 14.8. The lowest BCUT2D eigenvalue weighted by atomic mass is 10.2. The highest BCUT2D eigenvalue weighted by Crippen LogP contribution is 2.32. The first-order valence-electron chi connectivity index (χ1n) is 4.34. The maximum Gasteiger partial charge on any atom is 0.357 e. The number of anilines is 1. The summed E-state index contributed by atoms with van der Waals surface area (Å²) >= 11 is 3.37. The highest BCUT2D eigenvalue weighted by molar-refractivity contribution is 14.1. The van der Waals surface area contributed by atoms with Crippen molar-refractivity contribution >= 4 is 44.9 Å². The molecule has 1 aromatic carbocycles. The lowest BCUT2D eigenvalue weighted by molar-refractivity contribution is 0.0692. The van der Waals surface area contributed by atoms with Gasteiger partial charge in [0.1, 0.15) is 10.0 Å². The second-order valence-corrected chi connectivity index (χ2v) is 5.21. The van der Waals surface area contributed by atoms with Crippen molar-refractivity contribution in [3.8, 4) is 10.6 Å². The van der Waals surface area contributed by atoms with Gasteiger partial charge in [0.25, 0.3) is 0 Å². The van der Waals surface area contributed by atoms with Crippen molar-refractivity contribution in [1.29, 1.82) is 0 Å². The molecule has 0 saturated carbocycles. The van der Waals surface area contributed by atoms with Crippen LogP contribution in [0.15, 0.2) is 24.3 Å². The lowest BCUT2D eigenvalue weighted by Gasteiger charge is -1.98. The molecule has 1 heterocycles. The number of carboxylic acid groups (broad SMARTS) is 1. The number of nitrogens with zero attached hydrogens (tertiary/aromatic N) is 1. The molecule has 0 saturated heterocycles. The van der Waals surface area contributed by atoms with Gasteiger partial charge < -0.3 is 10.8 Å². The Hall–Kier alpha value is -1.15. The maximum absolute atomic E-state index is 10.8. The summed E-state index contributed by atoms with van der Waals surface area (Å²) in [6, 6.07) is 7.63. The van der Waals surface area contributed by atoms with E-state index in [9.17, 15) is 4.79 Å². The van der Waals surface area contributed by atoms with Crippen LogP contribution in [0.4, 0.5) is 5.00 Å². The van der Waals surface area contributed by atoms with E-state index in [-0.39, 0.29) is 10.7 Å². The molecule has 3 N–H and O–H groups in total. The first-order valence-corrected chi connectivity index (χ1v) is 6.23. The van der Waals surface area contributed by atoms with Crippen LogP contribution in [-0.4, -0.2) is 16.1 Å². The van der Waals surface area contributed by atoms with E-state index < -0.39 is 5.97 Å². The number of hydrogen-bond donors (Lipinski definition) is 2. The fourth-order valence-corrected chi connectivity index (χ4v) is 2.92. The molecule has 0 atom stereocenters. The van der Waals surface area contributed by atoms with E-state index in [1.165, 1.54) is 11.3 Å². The summed E-state index contributed by atoms with van der Waals surface area (Å²) in [6.45, 7) is 0. The molecule has 16 heavy (non-hydrogen) atoms. The Balaban J connectivity index is 2.54. The summed E-state index contributed by atoms with van der Waals surface area (Å²) < 4.78 is 1.02. The third-order valence-electron chi connectivity index (χ3n) is 1.96. The number of nitrogens with two attached hydrogens (primary N) is 1. The second-order valence-electron chi connectivity index (χ2n) is 3.02. The molecule has 6 heteroatoms. The SMILES string of the molecule is Nc1sc(-c2ccccc2I)nc1C(=O)O. The summed E-state index contributed by atoms with van der Waals surface area (Å²) in [6.07, 6.45) is 0. The Kier molecular flexibility index (Phi) is 3.10. The van der Waals surface area contributed by atoms with E-state index >= 15 is 0 Å². The van der Waals surface area contributed by atoms with E-state index in [0.29, 0.717) is 5.01 Å². The van der Waals surface area contributed by atoms with E-state index in [1.807, 2.05) is 24.3 Å². The lowest BCUT2D eigenvalue weighted by Crippen LogP contribution is -2.00. The van der Waals surface area contributed by atoms with E-state index in [4.69, 9.17) is 10.8 Å². The van der Waals surface area contributed by atoms with Gasteiger partial charge in [0, 0.05) is 9.13 Å². The number of carboxylic acids is 1. The normalized spacial score (nSPS) is 10.3. The topological polar surface area (TPSA) is 76.2 Å². The van der Waals surface area contributed by atoms with Crippen LogP contribution in [0, 0.1) is 3.57 Å². The molecule has 82 valence electrons. The zero-order valence-electron chi connectivity index (χ0n) is 7.98. The Morgan fingerprint density at radius 2 is 2.12 bits per heavy atom. The largest absolute Gasteiger partial charge is 0.476 e. The van der Waals surface area contributed by atoms with Gasteiger partial charge >= 0.3 is 5.97 Å². The number of hydrogen-bond acceptors (Lipinski definition) is 4. The molecular weight excluding hydrogens is 339 g/mol. The monoisotopic (exact) mass is 346 g/mol. The van der Waals surface area contributed by atoms with E-state index in [2.05, 4.69) is 27.6 Å². The number of benzene rings is 1. The second kappa shape index (κ2) is 4.38. The third kappa shape index (κ3) is 2.03. The fraction of sp³-hybridized carbons (Fsp3) is 0. The van der Waals surface area contributed by atoms with Gasteiger partial charge in [-0.25, -0.2) is 9.78 Å². The molecular formula is C10H7IN2O2S. The zero-order chi connectivity index (χ0) is 11.7. The molecule has 1 aromatic heterocycles. The Morgan fingerprint density at radius 1 is 1.44 bits per heavy atom. The molecule has 0 bridgehead atoms. The summed E-state index contributed by atoms with van der Waals surface area (Å²) in [7, 11) is 0. The van der Waals surface area contributed by atoms with Crippen LogP contribution in [0.1, 0.15) is 10.5 Å². The van der Waals surface area contributed by atoms with Gasteiger partial charge in [0.15, 0.2) is 5.69 Å². The van der Waals surface area contributed by atoms with Crippen LogP contribution in [0.25, 0.3) is 10.6 Å². The van der Waals surface area contributed by atoms with Gasteiger partial charge in [0.05, 0.1) is 0 Å². The molecule has 0 aliphatic rings. The van der Waals surface area contributed by atoms with Crippen LogP contribution < -0.4 is 5.73 Å². The molecule has 0 aliphatic heterocycles. The van der Waals surface area contributed by atoms with Gasteiger partial charge in [0.2, 0.25) is 0 Å². The minimum atomic E-state index is -1.09. The van der Waals surface area contributed by atoms with Crippen molar-refractivity contribution in [3.63, 3.8) is 0 Å². The molecule has 0 fully saturated rings. The van der Waals surface area contributed by atoms with Gasteiger partial charge in [-0.15, -0.1) is 0 Å². The minimum absolute atomic E-state index is 0.0698. The van der Waals surface area contributed by atoms with E-state index in [1.54, 1.807) is 0 Å². The van der Waals surface area contributed by atoms with Crippen LogP contribution in [-0.2, 0) is 0 Å². The predicted octanol–water partition coefficient (Wildman–Crippen LogP) is 2.70. The van der Waals surface area contributed by atoms with Crippen LogP contribution in [0.3, 0.4) is 0 Å². The molecule has 0 aliphatic carbocycles. The molecule has 0 unspecified atom stereocenters. The highest BCUT2D eigenvalue weighted by atomic mass is 127. The molecule has 2 aromatic rings. The van der Waals surface area contributed by atoms with Crippen molar-refractivity contribution in [1.82, 2.24) is 4.98 Å². The third-order valence-corrected chi connectivity index (χ3v) is 3.82. The van der Waals surface area contributed by atoms with Crippen LogP contribution >= 0.6 is 33.9 Å². The van der Waals surface area contributed by atoms with Gasteiger partial charge in [-0.3, -0.25) is 0 Å². The van der Waals surface area contributed by atoms with Crippen molar-refractivity contribution < 1.29 is 9.90 Å². The van der Waals surface area contributed by atoms with E-state index in [0.717, 1.165) is 9.13 Å². The minimum Gasteiger partial charge on any atom is -0.476 e. The van der Waals surface area contributed by atoms with Crippen LogP contribution in [0.2, 0.25) is 0 Å². The van der Waals surface area contributed by atoms with Crippen molar-refractivity contribution in [2.75, 3.05) is 5.73 Å². The first-order chi connectivity index (χ1) is 7.59. The molecule has 2 rings (SSSR count). The number of nitrogen functional groups attached to an aromatic ring is 1. The quantitative estimate of drug-likeness (QED) is 0.820. The predicted molar refractivity (Wildman–Crippen MR) is 71.6 cm³/mol. The van der Waals surface area contributed by atoms with Gasteiger partial charge in [-0.05, 0) is 28.7 Å². The van der Waals surface area contributed by atoms with Crippen molar-refractivity contribution in [2.24, 2.45) is 0 Å². The smallest absolute Gasteiger partial charge is 0.357 e. The number of thiazole rings is 1. The molecule has 4 nitrogen and oxygen atoms in total. The van der Waals surface area contributed by atoms with Gasteiger partial charge in [-0.1, -0.05) is 29.5 Å². The molecule has 0 amide bonds. The molecule has 0 spiro atoms. The Morgan fingerprint density at radius 3 is 2.69 bits per heavy atom. The number of carbonyl (C=O) groups is 1. The summed E-state index contributed by atoms with van der Waals surface area (Å²) in [5.74, 6) is -1.09. The standard InChI is InChI=1S/C10H7IN2O2S/c11-6-4-2-1-3-5(6)9-13-7(10(14)15)8(12)16-9/h1-4H,12H2,(H,14,15). The average molecular weight is 346 g/mol.